The molecule has 19 heavy (non-hydrogen) atoms. The molecule has 4 nitrogen and oxygen atoms in total. The molecule has 0 aliphatic carbocycles. The molecular weight excluding hydrogens is 244 g/mol. The van der Waals surface area contributed by atoms with Crippen molar-refractivity contribution in [1.29, 1.82) is 0 Å². The summed E-state index contributed by atoms with van der Waals surface area (Å²) in [5, 5.41) is 18.7. The van der Waals surface area contributed by atoms with Gasteiger partial charge >= 0.3 is 5.97 Å². The van der Waals surface area contributed by atoms with Crippen molar-refractivity contribution in [2.45, 2.75) is 0 Å². The van der Waals surface area contributed by atoms with Crippen LogP contribution >= 0.6 is 0 Å². The SMILES string of the molecule is O=C(O)C(=Cc1ccccc1)Oc1ccccc1O. The number of benzene rings is 2. The lowest BCUT2D eigenvalue weighted by Gasteiger charge is -2.07. The Morgan fingerprint density at radius 1 is 1.00 bits per heavy atom. The summed E-state index contributed by atoms with van der Waals surface area (Å²) in [4.78, 5) is 11.1. The van der Waals surface area contributed by atoms with E-state index in [-0.39, 0.29) is 17.3 Å². The Hall–Kier alpha value is -2.75. The fraction of sp³-hybridized carbons (Fsp3) is 0. The zero-order chi connectivity index (χ0) is 13.7. The van der Waals surface area contributed by atoms with E-state index in [1.54, 1.807) is 36.4 Å². The summed E-state index contributed by atoms with van der Waals surface area (Å²) in [7, 11) is 0. The number of para-hydroxylation sites is 2. The fourth-order valence-electron chi connectivity index (χ4n) is 1.50. The van der Waals surface area contributed by atoms with Crippen molar-refractivity contribution in [3.8, 4) is 11.5 Å². The van der Waals surface area contributed by atoms with E-state index in [2.05, 4.69) is 0 Å². The number of aromatic hydroxyl groups is 1. The van der Waals surface area contributed by atoms with Gasteiger partial charge in [0.1, 0.15) is 0 Å². The lowest BCUT2D eigenvalue weighted by atomic mass is 10.2. The van der Waals surface area contributed by atoms with Crippen LogP contribution in [0.1, 0.15) is 5.56 Å². The number of phenols is 1. The summed E-state index contributed by atoms with van der Waals surface area (Å²) < 4.78 is 5.22. The first kappa shape index (κ1) is 12.7. The quantitative estimate of drug-likeness (QED) is 0.652. The number of phenolic OH excluding ortho intramolecular Hbond substituents is 1. The van der Waals surface area contributed by atoms with Crippen molar-refractivity contribution in [2.24, 2.45) is 0 Å². The molecule has 0 amide bonds. The molecule has 0 heterocycles. The molecule has 0 radical (unpaired) electrons. The maximum atomic E-state index is 11.1. The molecule has 0 saturated carbocycles. The zero-order valence-corrected chi connectivity index (χ0v) is 9.98. The Labute approximate surface area is 110 Å². The lowest BCUT2D eigenvalue weighted by molar-refractivity contribution is -0.134. The van der Waals surface area contributed by atoms with Crippen molar-refractivity contribution in [2.75, 3.05) is 0 Å². The molecule has 2 aromatic rings. The standard InChI is InChI=1S/C15H12O4/c16-12-8-4-5-9-13(12)19-14(15(17)18)10-11-6-2-1-3-7-11/h1-10,16H,(H,17,18). The molecule has 0 bridgehead atoms. The van der Waals surface area contributed by atoms with E-state index in [0.717, 1.165) is 0 Å². The van der Waals surface area contributed by atoms with E-state index in [9.17, 15) is 9.90 Å². The Kier molecular flexibility index (Phi) is 3.83. The van der Waals surface area contributed by atoms with Crippen LogP contribution in [0.2, 0.25) is 0 Å². The summed E-state index contributed by atoms with van der Waals surface area (Å²) in [6, 6.07) is 15.2. The second-order valence-corrected chi connectivity index (χ2v) is 3.79. The van der Waals surface area contributed by atoms with Gasteiger partial charge in [0.2, 0.25) is 5.76 Å². The van der Waals surface area contributed by atoms with Crippen LogP contribution in [-0.4, -0.2) is 16.2 Å². The van der Waals surface area contributed by atoms with Gasteiger partial charge in [0.05, 0.1) is 0 Å². The van der Waals surface area contributed by atoms with Crippen LogP contribution in [0.15, 0.2) is 60.4 Å². The summed E-state index contributed by atoms with van der Waals surface area (Å²) in [5.74, 6) is -1.46. The van der Waals surface area contributed by atoms with Crippen molar-refractivity contribution in [3.05, 3.63) is 65.9 Å². The third-order valence-electron chi connectivity index (χ3n) is 2.39. The van der Waals surface area contributed by atoms with Crippen LogP contribution in [-0.2, 0) is 4.79 Å². The molecule has 0 saturated heterocycles. The minimum Gasteiger partial charge on any atom is -0.504 e. The molecule has 0 spiro atoms. The number of hydrogen-bond acceptors (Lipinski definition) is 3. The van der Waals surface area contributed by atoms with Gasteiger partial charge in [-0.3, -0.25) is 0 Å². The van der Waals surface area contributed by atoms with Gasteiger partial charge in [-0.05, 0) is 23.8 Å². The van der Waals surface area contributed by atoms with Gasteiger partial charge in [-0.1, -0.05) is 42.5 Å². The number of ether oxygens (including phenoxy) is 1. The van der Waals surface area contributed by atoms with Crippen LogP contribution in [0, 0.1) is 0 Å². The van der Waals surface area contributed by atoms with Gasteiger partial charge in [0, 0.05) is 0 Å². The van der Waals surface area contributed by atoms with E-state index >= 15 is 0 Å². The van der Waals surface area contributed by atoms with Gasteiger partial charge in [-0.2, -0.15) is 0 Å². The highest BCUT2D eigenvalue weighted by atomic mass is 16.5. The second kappa shape index (κ2) is 5.73. The van der Waals surface area contributed by atoms with Crippen LogP contribution in [0.25, 0.3) is 6.08 Å². The number of aliphatic carboxylic acids is 1. The van der Waals surface area contributed by atoms with E-state index in [1.807, 2.05) is 6.07 Å². The highest BCUT2D eigenvalue weighted by Crippen LogP contribution is 2.26. The number of hydrogen-bond donors (Lipinski definition) is 2. The molecule has 0 aromatic heterocycles. The molecule has 0 aliphatic heterocycles. The third-order valence-corrected chi connectivity index (χ3v) is 2.39. The highest BCUT2D eigenvalue weighted by Gasteiger charge is 2.12. The van der Waals surface area contributed by atoms with Crippen molar-refractivity contribution in [3.63, 3.8) is 0 Å². The topological polar surface area (TPSA) is 66.8 Å². The molecule has 0 atom stereocenters. The van der Waals surface area contributed by atoms with E-state index in [4.69, 9.17) is 9.84 Å². The van der Waals surface area contributed by atoms with E-state index in [0.29, 0.717) is 5.56 Å². The summed E-state index contributed by atoms with van der Waals surface area (Å²) >= 11 is 0. The van der Waals surface area contributed by atoms with Crippen LogP contribution in [0.3, 0.4) is 0 Å². The number of carboxylic acid groups (broad SMARTS) is 1. The smallest absolute Gasteiger partial charge is 0.371 e. The number of rotatable bonds is 4. The summed E-state index contributed by atoms with van der Waals surface area (Å²) in [5.41, 5.74) is 0.704. The molecule has 2 aromatic carbocycles. The van der Waals surface area contributed by atoms with Gasteiger partial charge in [-0.15, -0.1) is 0 Å². The molecule has 2 rings (SSSR count). The van der Waals surface area contributed by atoms with Gasteiger partial charge in [-0.25, -0.2) is 4.79 Å². The van der Waals surface area contributed by atoms with E-state index in [1.165, 1.54) is 18.2 Å². The maximum absolute atomic E-state index is 11.1. The zero-order valence-electron chi connectivity index (χ0n) is 9.98. The maximum Gasteiger partial charge on any atom is 0.371 e. The van der Waals surface area contributed by atoms with E-state index < -0.39 is 5.97 Å². The van der Waals surface area contributed by atoms with Crippen LogP contribution in [0.5, 0.6) is 11.5 Å². The Balaban J connectivity index is 2.30. The predicted octanol–water partition coefficient (Wildman–Crippen LogP) is 2.90. The van der Waals surface area contributed by atoms with Crippen LogP contribution in [0.4, 0.5) is 0 Å². The lowest BCUT2D eigenvalue weighted by Crippen LogP contribution is -2.07. The molecule has 0 fully saturated rings. The molecule has 4 heteroatoms. The first-order valence-corrected chi connectivity index (χ1v) is 5.62. The van der Waals surface area contributed by atoms with Crippen molar-refractivity contribution < 1.29 is 19.7 Å². The van der Waals surface area contributed by atoms with Gasteiger partial charge in [0.25, 0.3) is 0 Å². The second-order valence-electron chi connectivity index (χ2n) is 3.79. The average molecular weight is 256 g/mol. The minimum atomic E-state index is -1.20. The Morgan fingerprint density at radius 3 is 2.26 bits per heavy atom. The molecular formula is C15H12O4. The monoisotopic (exact) mass is 256 g/mol. The number of carboxylic acids is 1. The first-order valence-electron chi connectivity index (χ1n) is 5.62. The summed E-state index contributed by atoms with van der Waals surface area (Å²) in [6.07, 6.45) is 1.40. The normalized spacial score (nSPS) is 11.1. The number of carbonyl (C=O) groups is 1. The van der Waals surface area contributed by atoms with Gasteiger partial charge in [0.15, 0.2) is 11.5 Å². The minimum absolute atomic E-state index is 0.104. The Morgan fingerprint density at radius 2 is 1.63 bits per heavy atom. The predicted molar refractivity (Wildman–Crippen MR) is 70.8 cm³/mol. The largest absolute Gasteiger partial charge is 0.504 e. The van der Waals surface area contributed by atoms with Crippen LogP contribution < -0.4 is 4.74 Å². The molecule has 0 unspecified atom stereocenters. The molecule has 2 N–H and O–H groups in total. The Bertz CT molecular complexity index is 603. The highest BCUT2D eigenvalue weighted by molar-refractivity contribution is 5.90. The third kappa shape index (κ3) is 3.35. The van der Waals surface area contributed by atoms with Gasteiger partial charge < -0.3 is 14.9 Å². The molecule has 0 aliphatic rings. The fourth-order valence-corrected chi connectivity index (χ4v) is 1.50. The average Bonchev–Trinajstić information content (AvgIpc) is 2.41. The van der Waals surface area contributed by atoms with Crippen molar-refractivity contribution in [1.82, 2.24) is 0 Å². The molecule has 96 valence electrons. The van der Waals surface area contributed by atoms with Crippen molar-refractivity contribution >= 4 is 12.0 Å². The summed E-state index contributed by atoms with van der Waals surface area (Å²) in [6.45, 7) is 0. The first-order chi connectivity index (χ1) is 9.16.